The Labute approximate surface area is 342 Å². The molecule has 4 N–H and O–H groups in total. The van der Waals surface area contributed by atoms with E-state index in [1.165, 1.54) is 35.1 Å². The lowest BCUT2D eigenvalue weighted by atomic mass is 9.81. The molecule has 2 aromatic carbocycles. The Balaban J connectivity index is 1.28. The Morgan fingerprint density at radius 1 is 1.03 bits per heavy atom. The second-order valence-corrected chi connectivity index (χ2v) is 18.4. The van der Waals surface area contributed by atoms with Crippen LogP contribution in [0.2, 0.25) is 0 Å². The first-order valence-electron chi connectivity index (χ1n) is 18.7. The molecule has 60 heavy (non-hydrogen) atoms. The van der Waals surface area contributed by atoms with Gasteiger partial charge in [0.25, 0.3) is 12.3 Å². The summed E-state index contributed by atoms with van der Waals surface area (Å²) in [7, 11) is -2.18. The summed E-state index contributed by atoms with van der Waals surface area (Å²) >= 11 is 1.19. The lowest BCUT2D eigenvalue weighted by Gasteiger charge is -2.27. The minimum absolute atomic E-state index is 0.0399. The number of thiazole rings is 1. The van der Waals surface area contributed by atoms with E-state index in [4.69, 9.17) is 4.98 Å². The molecular formula is C39H37F6N9O4S2. The molecule has 8 rings (SSSR count). The fraction of sp³-hybridized carbons (Fsp3) is 0.359. The van der Waals surface area contributed by atoms with E-state index in [2.05, 4.69) is 30.5 Å². The van der Waals surface area contributed by atoms with Crippen LogP contribution in [0.5, 0.6) is 0 Å². The predicted octanol–water partition coefficient (Wildman–Crippen LogP) is 7.08. The molecule has 0 bridgehead atoms. The number of para-hydroxylation sites is 1. The Bertz CT molecular complexity index is 2810. The van der Waals surface area contributed by atoms with Crippen LogP contribution in [0.3, 0.4) is 0 Å². The minimum Gasteiger partial charge on any atom is -0.389 e. The van der Waals surface area contributed by atoms with Gasteiger partial charge in [0.2, 0.25) is 15.9 Å². The number of benzene rings is 2. The number of amides is 1. The van der Waals surface area contributed by atoms with Crippen molar-refractivity contribution in [1.29, 1.82) is 0 Å². The van der Waals surface area contributed by atoms with Gasteiger partial charge >= 0.3 is 0 Å². The lowest BCUT2D eigenvalue weighted by molar-refractivity contribution is -0.123. The number of hydrogen-bond acceptors (Lipinski definition) is 10. The molecule has 2 aliphatic rings. The lowest BCUT2D eigenvalue weighted by Crippen LogP contribution is -2.35. The predicted molar refractivity (Wildman–Crippen MR) is 212 cm³/mol. The number of allylic oxidation sites excluding steroid dienone is 2. The average Bonchev–Trinajstić information content (AvgIpc) is 3.84. The molecule has 2 aliphatic carbocycles. The molecule has 0 spiro atoms. The number of carbonyl (C=O) groups is 1. The van der Waals surface area contributed by atoms with Crippen molar-refractivity contribution in [3.05, 3.63) is 94.5 Å². The normalized spacial score (nSPS) is 17.5. The van der Waals surface area contributed by atoms with Gasteiger partial charge < -0.3 is 15.7 Å². The molecule has 0 saturated heterocycles. The number of fused-ring (bicyclic) bond motifs is 5. The van der Waals surface area contributed by atoms with Crippen LogP contribution in [0.25, 0.3) is 32.4 Å². The number of aromatic nitrogens is 6. The molecule has 4 aromatic heterocycles. The molecule has 13 nitrogen and oxygen atoms in total. The van der Waals surface area contributed by atoms with Crippen molar-refractivity contribution in [2.45, 2.75) is 63.6 Å². The van der Waals surface area contributed by atoms with Crippen molar-refractivity contribution in [3.8, 4) is 11.1 Å². The number of nitrogens with zero attached hydrogens (tertiary/aromatic N) is 6. The van der Waals surface area contributed by atoms with Gasteiger partial charge in [0.15, 0.2) is 16.6 Å². The topological polar surface area (TPSA) is 169 Å². The summed E-state index contributed by atoms with van der Waals surface area (Å²) in [5.41, 5.74) is -1.53. The van der Waals surface area contributed by atoms with Gasteiger partial charge in [-0.2, -0.15) is 19.0 Å². The molecule has 3 atom stereocenters. The van der Waals surface area contributed by atoms with Crippen molar-refractivity contribution in [3.63, 3.8) is 0 Å². The molecule has 316 valence electrons. The van der Waals surface area contributed by atoms with Gasteiger partial charge in [0, 0.05) is 47.7 Å². The summed E-state index contributed by atoms with van der Waals surface area (Å²) in [6, 6.07) is 8.20. The standard InChI is InChI=1S/C39H37F6N9O4S2/c1-5-60(57,58)52-35-23-8-6-7-21(32(23)53(4)51-35)24-15-27-36(49-37(59-27)46-17-38(2,3)56)48-30(24)26(13-18-11-19(40)14-20(41)12-18)47-28(55)16-54-33-29(31(50-54)34(42)43)22-9-10-25(22)39(33,44)45/h6-12,14-15,22,25-26,34,56H,5,13,16-17H2,1-4H3,(H,47,55)(H,51,52)(H,46,48,49)/t22-,25+,26-/m0/s1. The summed E-state index contributed by atoms with van der Waals surface area (Å²) in [5.74, 6) is -8.93. The maximum atomic E-state index is 15.7. The van der Waals surface area contributed by atoms with Crippen molar-refractivity contribution < 1.29 is 44.7 Å². The van der Waals surface area contributed by atoms with Crippen LogP contribution < -0.4 is 15.4 Å². The molecule has 0 radical (unpaired) electrons. The molecule has 21 heteroatoms. The molecular weight excluding hydrogens is 837 g/mol. The number of anilines is 2. The average molecular weight is 874 g/mol. The molecule has 0 saturated carbocycles. The summed E-state index contributed by atoms with van der Waals surface area (Å²) < 4.78 is 119. The Morgan fingerprint density at radius 3 is 2.42 bits per heavy atom. The Hall–Kier alpha value is -5.54. The molecule has 1 amide bonds. The zero-order valence-electron chi connectivity index (χ0n) is 32.3. The molecule has 0 aliphatic heterocycles. The zero-order valence-corrected chi connectivity index (χ0v) is 33.9. The van der Waals surface area contributed by atoms with E-state index in [0.717, 1.165) is 12.1 Å². The highest BCUT2D eigenvalue weighted by Crippen LogP contribution is 2.60. The van der Waals surface area contributed by atoms with Gasteiger partial charge in [-0.25, -0.2) is 35.9 Å². The second-order valence-electron chi connectivity index (χ2n) is 15.4. The van der Waals surface area contributed by atoms with E-state index in [1.54, 1.807) is 45.2 Å². The number of nitrogens with one attached hydrogen (secondary N) is 3. The SMILES string of the molecule is CCS(=O)(=O)Nc1nn(C)c2c(-c3cc4sc(NCC(C)(C)O)nc4nc3[C@H](Cc3cc(F)cc(F)c3)NC(=O)Cn3nc(C(F)F)c4c3C(F)(F)[C@@H]3C=C[C@H]43)cccc12. The van der Waals surface area contributed by atoms with E-state index < -0.39 is 81.3 Å². The first kappa shape index (κ1) is 41.2. The van der Waals surface area contributed by atoms with Gasteiger partial charge in [0.1, 0.15) is 29.6 Å². The maximum absolute atomic E-state index is 15.7. The third kappa shape index (κ3) is 7.57. The van der Waals surface area contributed by atoms with Crippen LogP contribution in [0.1, 0.15) is 67.4 Å². The number of aryl methyl sites for hydroxylation is 1. The van der Waals surface area contributed by atoms with E-state index in [1.807, 2.05) is 0 Å². The van der Waals surface area contributed by atoms with Crippen LogP contribution in [-0.2, 0) is 40.8 Å². The summed E-state index contributed by atoms with van der Waals surface area (Å²) in [6.07, 6.45) is -0.883. The van der Waals surface area contributed by atoms with Crippen molar-refractivity contribution >= 4 is 59.5 Å². The number of rotatable bonds is 14. The summed E-state index contributed by atoms with van der Waals surface area (Å²) in [6.45, 7) is 3.86. The molecule has 4 heterocycles. The van der Waals surface area contributed by atoms with E-state index in [0.29, 0.717) is 42.6 Å². The zero-order chi connectivity index (χ0) is 43.1. The van der Waals surface area contributed by atoms with Crippen LogP contribution in [0, 0.1) is 17.6 Å². The number of pyridine rings is 1. The third-order valence-corrected chi connectivity index (χ3v) is 12.6. The van der Waals surface area contributed by atoms with Crippen LogP contribution in [0.4, 0.5) is 37.3 Å². The monoisotopic (exact) mass is 873 g/mol. The number of sulfonamides is 1. The first-order chi connectivity index (χ1) is 28.2. The van der Waals surface area contributed by atoms with E-state index >= 15 is 8.78 Å². The molecule has 6 aromatic rings. The third-order valence-electron chi connectivity index (χ3n) is 10.4. The summed E-state index contributed by atoms with van der Waals surface area (Å²) in [5, 5.41) is 25.2. The summed E-state index contributed by atoms with van der Waals surface area (Å²) in [4.78, 5) is 23.6. The number of aliphatic hydroxyl groups is 1. The maximum Gasteiger partial charge on any atom is 0.296 e. The molecule has 0 unspecified atom stereocenters. The van der Waals surface area contributed by atoms with Gasteiger partial charge in [-0.15, -0.1) is 0 Å². The number of carbonyl (C=O) groups excluding carboxylic acids is 1. The number of halogens is 6. The van der Waals surface area contributed by atoms with Gasteiger partial charge in [-0.05, 0) is 57.0 Å². The highest BCUT2D eigenvalue weighted by molar-refractivity contribution is 7.92. The fourth-order valence-electron chi connectivity index (χ4n) is 7.70. The highest BCUT2D eigenvalue weighted by atomic mass is 32.2. The largest absolute Gasteiger partial charge is 0.389 e. The quantitative estimate of drug-likeness (QED) is 0.0661. The smallest absolute Gasteiger partial charge is 0.296 e. The number of hydrogen-bond donors (Lipinski definition) is 4. The van der Waals surface area contributed by atoms with Crippen LogP contribution >= 0.6 is 11.3 Å². The van der Waals surface area contributed by atoms with Crippen molar-refractivity contribution in [2.75, 3.05) is 22.3 Å². The van der Waals surface area contributed by atoms with E-state index in [-0.39, 0.29) is 47.0 Å². The Morgan fingerprint density at radius 2 is 1.77 bits per heavy atom. The van der Waals surface area contributed by atoms with Crippen LogP contribution in [-0.4, -0.2) is 66.9 Å². The first-order valence-corrected chi connectivity index (χ1v) is 21.1. The van der Waals surface area contributed by atoms with E-state index in [9.17, 15) is 35.9 Å². The fourth-order valence-corrected chi connectivity index (χ4v) is 9.13. The van der Waals surface area contributed by atoms with Gasteiger partial charge in [-0.3, -0.25) is 18.9 Å². The Kier molecular flexibility index (Phi) is 10.2. The number of alkyl halides is 4. The van der Waals surface area contributed by atoms with Crippen molar-refractivity contribution in [2.24, 2.45) is 13.0 Å². The second kappa shape index (κ2) is 14.9. The van der Waals surface area contributed by atoms with Gasteiger partial charge in [0.05, 0.1) is 39.2 Å². The minimum atomic E-state index is -3.77. The highest BCUT2D eigenvalue weighted by Gasteiger charge is 2.60. The van der Waals surface area contributed by atoms with Crippen molar-refractivity contribution in [1.82, 2.24) is 34.8 Å². The van der Waals surface area contributed by atoms with Crippen LogP contribution in [0.15, 0.2) is 54.6 Å². The molecule has 0 fully saturated rings. The van der Waals surface area contributed by atoms with Gasteiger partial charge in [-0.1, -0.05) is 35.6 Å².